The average Bonchev–Trinajstić information content (AvgIpc) is 3.15. The van der Waals surface area contributed by atoms with Gasteiger partial charge in [-0.1, -0.05) is 49.4 Å². The lowest BCUT2D eigenvalue weighted by molar-refractivity contribution is 0.258. The van der Waals surface area contributed by atoms with E-state index in [4.69, 9.17) is 9.47 Å². The lowest BCUT2D eigenvalue weighted by Crippen LogP contribution is -2.37. The maximum atomic E-state index is 6.13. The molecule has 1 atom stereocenters. The highest BCUT2D eigenvalue weighted by molar-refractivity contribution is 5.85. The van der Waals surface area contributed by atoms with Crippen molar-refractivity contribution in [1.29, 1.82) is 0 Å². The highest BCUT2D eigenvalue weighted by Crippen LogP contribution is 2.32. The molecule has 2 aromatic rings. The molecule has 0 amide bonds. The molecule has 0 spiro atoms. The first-order chi connectivity index (χ1) is 12.8. The number of likely N-dealkylation sites (N-methyl/N-ethyl adjacent to an activating group) is 1. The Bertz CT molecular complexity index is 681. The molecule has 0 aliphatic carbocycles. The quantitative estimate of drug-likeness (QED) is 0.693. The van der Waals surface area contributed by atoms with Gasteiger partial charge in [0.25, 0.3) is 0 Å². The predicted molar refractivity (Wildman–Crippen MR) is 113 cm³/mol. The number of ether oxygens (including phenoxy) is 2. The van der Waals surface area contributed by atoms with Gasteiger partial charge < -0.3 is 14.8 Å². The van der Waals surface area contributed by atoms with Crippen molar-refractivity contribution in [3.05, 3.63) is 59.7 Å². The van der Waals surface area contributed by atoms with Crippen LogP contribution < -0.4 is 14.8 Å². The molecule has 0 bridgehead atoms. The minimum atomic E-state index is 0. The average molecular weight is 391 g/mol. The van der Waals surface area contributed by atoms with Crippen molar-refractivity contribution in [2.75, 3.05) is 26.7 Å². The van der Waals surface area contributed by atoms with Gasteiger partial charge in [0, 0.05) is 24.7 Å². The largest absolute Gasteiger partial charge is 0.493 e. The van der Waals surface area contributed by atoms with Crippen molar-refractivity contribution in [1.82, 2.24) is 10.2 Å². The van der Waals surface area contributed by atoms with Crippen LogP contribution in [0.5, 0.6) is 11.5 Å². The van der Waals surface area contributed by atoms with E-state index in [9.17, 15) is 0 Å². The van der Waals surface area contributed by atoms with Crippen LogP contribution in [0.3, 0.4) is 0 Å². The van der Waals surface area contributed by atoms with E-state index in [0.717, 1.165) is 42.3 Å². The maximum absolute atomic E-state index is 6.13. The number of rotatable bonds is 9. The molecule has 0 saturated carbocycles. The zero-order valence-corrected chi connectivity index (χ0v) is 17.1. The van der Waals surface area contributed by atoms with E-state index >= 15 is 0 Å². The first kappa shape index (κ1) is 21.5. The molecule has 1 saturated heterocycles. The van der Waals surface area contributed by atoms with Crippen molar-refractivity contribution in [2.24, 2.45) is 0 Å². The number of nitrogens with zero attached hydrogens (tertiary/aromatic N) is 1. The molecule has 1 aliphatic heterocycles. The van der Waals surface area contributed by atoms with Gasteiger partial charge in [-0.15, -0.1) is 12.4 Å². The van der Waals surface area contributed by atoms with E-state index in [1.54, 1.807) is 7.11 Å². The molecule has 1 N–H and O–H groups in total. The zero-order valence-electron chi connectivity index (χ0n) is 16.3. The van der Waals surface area contributed by atoms with Gasteiger partial charge in [0.05, 0.1) is 7.11 Å². The van der Waals surface area contributed by atoms with E-state index < -0.39 is 0 Å². The number of para-hydroxylation sites is 1. The fourth-order valence-electron chi connectivity index (χ4n) is 3.67. The van der Waals surface area contributed by atoms with Gasteiger partial charge in [-0.3, -0.25) is 4.90 Å². The minimum Gasteiger partial charge on any atom is -0.493 e. The summed E-state index contributed by atoms with van der Waals surface area (Å²) in [6, 6.07) is 17.0. The van der Waals surface area contributed by atoms with Crippen molar-refractivity contribution in [3.63, 3.8) is 0 Å². The molecule has 2 aromatic carbocycles. The van der Waals surface area contributed by atoms with Crippen molar-refractivity contribution >= 4 is 12.4 Å². The van der Waals surface area contributed by atoms with Crippen LogP contribution in [0.1, 0.15) is 30.9 Å². The van der Waals surface area contributed by atoms with Gasteiger partial charge in [0.1, 0.15) is 6.61 Å². The molecule has 4 nitrogen and oxygen atoms in total. The zero-order chi connectivity index (χ0) is 18.2. The van der Waals surface area contributed by atoms with Crippen LogP contribution in [-0.2, 0) is 13.2 Å². The van der Waals surface area contributed by atoms with E-state index in [2.05, 4.69) is 35.3 Å². The van der Waals surface area contributed by atoms with Gasteiger partial charge in [0.15, 0.2) is 11.5 Å². The number of hydrogen-bond donors (Lipinski definition) is 1. The Labute approximate surface area is 169 Å². The minimum absolute atomic E-state index is 0. The predicted octanol–water partition coefficient (Wildman–Crippen LogP) is 4.27. The van der Waals surface area contributed by atoms with Crippen LogP contribution in [0.15, 0.2) is 48.5 Å². The lowest BCUT2D eigenvalue weighted by Gasteiger charge is -2.23. The lowest BCUT2D eigenvalue weighted by atomic mass is 10.1. The van der Waals surface area contributed by atoms with E-state index in [1.807, 2.05) is 30.3 Å². The highest BCUT2D eigenvalue weighted by Gasteiger charge is 2.22. The van der Waals surface area contributed by atoms with Gasteiger partial charge in [-0.05, 0) is 37.6 Å². The fourth-order valence-corrected chi connectivity index (χ4v) is 3.67. The summed E-state index contributed by atoms with van der Waals surface area (Å²) >= 11 is 0. The van der Waals surface area contributed by atoms with Crippen molar-refractivity contribution in [3.8, 4) is 11.5 Å². The van der Waals surface area contributed by atoms with E-state index in [-0.39, 0.29) is 12.4 Å². The number of methoxy groups -OCH3 is 1. The monoisotopic (exact) mass is 390 g/mol. The van der Waals surface area contributed by atoms with Crippen LogP contribution in [0.25, 0.3) is 0 Å². The Kier molecular flexibility index (Phi) is 8.92. The standard InChI is InChI=1S/C22H30N2O2.ClH/c1-3-24-14-8-12-20(24)16-23-15-19-11-7-13-21(25-2)22(19)26-17-18-9-5-4-6-10-18;/h4-7,9-11,13,20,23H,3,8,12,14-17H2,1-2H3;1H. The number of halogens is 1. The van der Waals surface area contributed by atoms with E-state index in [1.165, 1.54) is 19.4 Å². The molecule has 1 unspecified atom stereocenters. The fraction of sp³-hybridized carbons (Fsp3) is 0.455. The van der Waals surface area contributed by atoms with Gasteiger partial charge in [-0.2, -0.15) is 0 Å². The Hall–Kier alpha value is -1.75. The molecule has 1 fully saturated rings. The first-order valence-corrected chi connectivity index (χ1v) is 9.59. The summed E-state index contributed by atoms with van der Waals surface area (Å²) in [6.45, 7) is 6.96. The molecule has 0 radical (unpaired) electrons. The Balaban J connectivity index is 0.00000261. The summed E-state index contributed by atoms with van der Waals surface area (Å²) in [5.74, 6) is 1.63. The summed E-state index contributed by atoms with van der Waals surface area (Å²) < 4.78 is 11.7. The Morgan fingerprint density at radius 2 is 1.93 bits per heavy atom. The molecule has 0 aromatic heterocycles. The Morgan fingerprint density at radius 3 is 2.67 bits per heavy atom. The number of nitrogens with one attached hydrogen (secondary N) is 1. The van der Waals surface area contributed by atoms with Crippen LogP contribution in [0.2, 0.25) is 0 Å². The summed E-state index contributed by atoms with van der Waals surface area (Å²) in [5.41, 5.74) is 2.29. The summed E-state index contributed by atoms with van der Waals surface area (Å²) in [7, 11) is 1.69. The third-order valence-electron chi connectivity index (χ3n) is 5.11. The summed E-state index contributed by atoms with van der Waals surface area (Å²) in [4.78, 5) is 2.56. The maximum Gasteiger partial charge on any atom is 0.166 e. The third-order valence-corrected chi connectivity index (χ3v) is 5.11. The number of likely N-dealkylation sites (tertiary alicyclic amines) is 1. The second-order valence-electron chi connectivity index (χ2n) is 6.78. The second kappa shape index (κ2) is 11.2. The summed E-state index contributed by atoms with van der Waals surface area (Å²) in [5, 5.41) is 3.62. The van der Waals surface area contributed by atoms with E-state index in [0.29, 0.717) is 12.6 Å². The van der Waals surface area contributed by atoms with Crippen LogP contribution in [0.4, 0.5) is 0 Å². The molecule has 1 aliphatic rings. The van der Waals surface area contributed by atoms with Crippen LogP contribution in [0, 0.1) is 0 Å². The first-order valence-electron chi connectivity index (χ1n) is 9.59. The van der Waals surface area contributed by atoms with Gasteiger partial charge in [0.2, 0.25) is 0 Å². The van der Waals surface area contributed by atoms with Crippen LogP contribution >= 0.6 is 12.4 Å². The van der Waals surface area contributed by atoms with Crippen molar-refractivity contribution < 1.29 is 9.47 Å². The molecule has 27 heavy (non-hydrogen) atoms. The van der Waals surface area contributed by atoms with Gasteiger partial charge >= 0.3 is 0 Å². The molecule has 5 heteroatoms. The van der Waals surface area contributed by atoms with Crippen molar-refractivity contribution in [2.45, 2.75) is 39.0 Å². The molecule has 1 heterocycles. The number of benzene rings is 2. The topological polar surface area (TPSA) is 33.7 Å². The van der Waals surface area contributed by atoms with Gasteiger partial charge in [-0.25, -0.2) is 0 Å². The molecule has 148 valence electrons. The number of hydrogen-bond acceptors (Lipinski definition) is 4. The molecular formula is C22H31ClN2O2. The second-order valence-corrected chi connectivity index (χ2v) is 6.78. The Morgan fingerprint density at radius 1 is 1.11 bits per heavy atom. The summed E-state index contributed by atoms with van der Waals surface area (Å²) in [6.07, 6.45) is 2.60. The highest BCUT2D eigenvalue weighted by atomic mass is 35.5. The normalized spacial score (nSPS) is 16.7. The third kappa shape index (κ3) is 5.86. The molecule has 3 rings (SSSR count). The smallest absolute Gasteiger partial charge is 0.166 e. The molecular weight excluding hydrogens is 360 g/mol. The SMILES string of the molecule is CCN1CCCC1CNCc1cccc(OC)c1OCc1ccccc1.Cl. The van der Waals surface area contributed by atoms with Crippen LogP contribution in [-0.4, -0.2) is 37.7 Å².